The predicted molar refractivity (Wildman–Crippen MR) is 93.8 cm³/mol. The van der Waals surface area contributed by atoms with E-state index in [1.165, 1.54) is 31.2 Å². The molecular weight excluding hydrogens is 300 g/mol. The van der Waals surface area contributed by atoms with Gasteiger partial charge in [-0.2, -0.15) is 0 Å². The average molecular weight is 328 g/mol. The van der Waals surface area contributed by atoms with Crippen molar-refractivity contribution in [3.05, 3.63) is 35.4 Å². The maximum absolute atomic E-state index is 12.3. The Morgan fingerprint density at radius 3 is 2.62 bits per heavy atom. The summed E-state index contributed by atoms with van der Waals surface area (Å²) in [5.74, 6) is 1.80. The van der Waals surface area contributed by atoms with Gasteiger partial charge < -0.3 is 15.4 Å². The van der Waals surface area contributed by atoms with Crippen LogP contribution in [-0.4, -0.2) is 31.2 Å². The molecule has 3 fully saturated rings. The second kappa shape index (κ2) is 7.24. The van der Waals surface area contributed by atoms with E-state index in [0.717, 1.165) is 43.4 Å². The van der Waals surface area contributed by atoms with Crippen molar-refractivity contribution in [3.63, 3.8) is 0 Å². The van der Waals surface area contributed by atoms with Gasteiger partial charge in [0.25, 0.3) is 5.91 Å². The van der Waals surface area contributed by atoms with Crippen LogP contribution in [-0.2, 0) is 11.3 Å². The van der Waals surface area contributed by atoms with Gasteiger partial charge in [0, 0.05) is 31.3 Å². The smallest absolute Gasteiger partial charge is 0.251 e. The molecule has 1 amide bonds. The van der Waals surface area contributed by atoms with Crippen LogP contribution in [0.3, 0.4) is 0 Å². The number of hydrogen-bond acceptors (Lipinski definition) is 3. The van der Waals surface area contributed by atoms with Gasteiger partial charge in [-0.1, -0.05) is 12.1 Å². The number of carbonyl (C=O) groups excluding carboxylic acids is 1. The molecule has 1 atom stereocenters. The van der Waals surface area contributed by atoms with E-state index < -0.39 is 0 Å². The minimum Gasteiger partial charge on any atom is -0.376 e. The van der Waals surface area contributed by atoms with Gasteiger partial charge in [-0.3, -0.25) is 4.79 Å². The number of ether oxygens (including phenoxy) is 1. The Hall–Kier alpha value is -1.39. The number of nitrogens with one attached hydrogen (secondary N) is 2. The van der Waals surface area contributed by atoms with Gasteiger partial charge in [0.2, 0.25) is 0 Å². The summed E-state index contributed by atoms with van der Waals surface area (Å²) < 4.78 is 5.56. The molecule has 4 nitrogen and oxygen atoms in total. The van der Waals surface area contributed by atoms with Crippen LogP contribution in [0.15, 0.2) is 24.3 Å². The molecule has 1 aromatic carbocycles. The average Bonchev–Trinajstić information content (AvgIpc) is 3.54. The van der Waals surface area contributed by atoms with Crippen molar-refractivity contribution >= 4 is 5.91 Å². The minimum atomic E-state index is 0.00767. The minimum absolute atomic E-state index is 0.00767. The quantitative estimate of drug-likeness (QED) is 0.771. The number of carbonyl (C=O) groups is 1. The van der Waals surface area contributed by atoms with Crippen molar-refractivity contribution in [2.45, 2.75) is 57.2 Å². The molecule has 24 heavy (non-hydrogen) atoms. The van der Waals surface area contributed by atoms with Gasteiger partial charge >= 0.3 is 0 Å². The van der Waals surface area contributed by atoms with Crippen LogP contribution >= 0.6 is 0 Å². The third kappa shape index (κ3) is 4.17. The molecule has 0 unspecified atom stereocenters. The number of benzene rings is 1. The van der Waals surface area contributed by atoms with E-state index in [1.807, 2.05) is 18.2 Å². The fraction of sp³-hybridized carbons (Fsp3) is 0.650. The zero-order valence-electron chi connectivity index (χ0n) is 14.3. The maximum atomic E-state index is 12.3. The highest BCUT2D eigenvalue weighted by Gasteiger charge is 2.40. The fourth-order valence-electron chi connectivity index (χ4n) is 3.80. The Kier molecular flexibility index (Phi) is 4.86. The van der Waals surface area contributed by atoms with E-state index in [2.05, 4.69) is 16.7 Å². The largest absolute Gasteiger partial charge is 0.376 e. The molecule has 1 heterocycles. The van der Waals surface area contributed by atoms with Crippen molar-refractivity contribution in [1.29, 1.82) is 0 Å². The predicted octanol–water partition coefficient (Wildman–Crippen LogP) is 2.87. The molecule has 0 aromatic heterocycles. The molecule has 1 aromatic rings. The van der Waals surface area contributed by atoms with Crippen molar-refractivity contribution in [2.75, 3.05) is 13.2 Å². The van der Waals surface area contributed by atoms with E-state index in [-0.39, 0.29) is 12.0 Å². The molecule has 130 valence electrons. The second-order valence-electron chi connectivity index (χ2n) is 7.63. The van der Waals surface area contributed by atoms with Crippen LogP contribution in [0.1, 0.15) is 54.4 Å². The summed E-state index contributed by atoms with van der Waals surface area (Å²) >= 11 is 0. The lowest BCUT2D eigenvalue weighted by Crippen LogP contribution is -2.33. The summed E-state index contributed by atoms with van der Waals surface area (Å²) in [6.45, 7) is 2.31. The van der Waals surface area contributed by atoms with Gasteiger partial charge in [0.1, 0.15) is 0 Å². The van der Waals surface area contributed by atoms with Crippen molar-refractivity contribution in [3.8, 4) is 0 Å². The van der Waals surface area contributed by atoms with Crippen LogP contribution in [0.5, 0.6) is 0 Å². The van der Waals surface area contributed by atoms with Gasteiger partial charge in [-0.15, -0.1) is 0 Å². The summed E-state index contributed by atoms with van der Waals surface area (Å²) in [4.78, 5) is 12.3. The summed E-state index contributed by atoms with van der Waals surface area (Å²) in [6, 6.07) is 8.71. The van der Waals surface area contributed by atoms with Gasteiger partial charge in [0.05, 0.1) is 6.10 Å². The van der Waals surface area contributed by atoms with Crippen LogP contribution < -0.4 is 10.6 Å². The van der Waals surface area contributed by atoms with E-state index in [1.54, 1.807) is 0 Å². The van der Waals surface area contributed by atoms with E-state index in [9.17, 15) is 4.79 Å². The molecule has 3 aliphatic rings. The standard InChI is InChI=1S/C20H28N2O2/c23-20(22-13-18-5-2-10-24-18)17-4-1-3-14(11-17)12-21-19(15-6-7-15)16-8-9-16/h1,3-4,11,15-16,18-19,21H,2,5-10,12-13H2,(H,22,23)/t18-/m1/s1. The monoisotopic (exact) mass is 328 g/mol. The summed E-state index contributed by atoms with van der Waals surface area (Å²) in [5, 5.41) is 6.76. The molecule has 4 rings (SSSR count). The summed E-state index contributed by atoms with van der Waals surface area (Å²) in [5.41, 5.74) is 1.95. The van der Waals surface area contributed by atoms with Crippen LogP contribution in [0, 0.1) is 11.8 Å². The molecule has 0 bridgehead atoms. The molecule has 2 aliphatic carbocycles. The highest BCUT2D eigenvalue weighted by atomic mass is 16.5. The summed E-state index contributed by atoms with van der Waals surface area (Å²) in [7, 11) is 0. The lowest BCUT2D eigenvalue weighted by Gasteiger charge is -2.18. The van der Waals surface area contributed by atoms with Gasteiger partial charge in [-0.25, -0.2) is 0 Å². The van der Waals surface area contributed by atoms with Crippen molar-refractivity contribution < 1.29 is 9.53 Å². The third-order valence-electron chi connectivity index (χ3n) is 5.51. The first-order valence-electron chi connectivity index (χ1n) is 9.52. The summed E-state index contributed by atoms with van der Waals surface area (Å²) in [6.07, 6.45) is 7.90. The third-order valence-corrected chi connectivity index (χ3v) is 5.51. The highest BCUT2D eigenvalue weighted by Crippen LogP contribution is 2.44. The van der Waals surface area contributed by atoms with Crippen LogP contribution in [0.2, 0.25) is 0 Å². The first-order valence-corrected chi connectivity index (χ1v) is 9.52. The van der Waals surface area contributed by atoms with E-state index in [0.29, 0.717) is 12.6 Å². The van der Waals surface area contributed by atoms with Crippen molar-refractivity contribution in [2.24, 2.45) is 11.8 Å². The van der Waals surface area contributed by atoms with E-state index >= 15 is 0 Å². The molecule has 2 saturated carbocycles. The first kappa shape index (κ1) is 16.1. The molecule has 1 aliphatic heterocycles. The topological polar surface area (TPSA) is 50.4 Å². The SMILES string of the molecule is O=C(NC[C@H]1CCCO1)c1cccc(CNC(C2CC2)C2CC2)c1. The molecule has 0 spiro atoms. The Bertz CT molecular complexity index is 563. The Balaban J connectivity index is 1.29. The molecule has 0 radical (unpaired) electrons. The van der Waals surface area contributed by atoms with Gasteiger partial charge in [0.15, 0.2) is 0 Å². The second-order valence-corrected chi connectivity index (χ2v) is 7.63. The highest BCUT2D eigenvalue weighted by molar-refractivity contribution is 5.94. The molecule has 4 heteroatoms. The van der Waals surface area contributed by atoms with E-state index in [4.69, 9.17) is 4.74 Å². The lowest BCUT2D eigenvalue weighted by atomic mass is 10.1. The number of amides is 1. The Morgan fingerprint density at radius 2 is 1.96 bits per heavy atom. The number of rotatable bonds is 8. The lowest BCUT2D eigenvalue weighted by molar-refractivity contribution is 0.0857. The first-order chi connectivity index (χ1) is 11.8. The normalized spacial score (nSPS) is 23.6. The van der Waals surface area contributed by atoms with Crippen LogP contribution in [0.25, 0.3) is 0 Å². The number of hydrogen-bond donors (Lipinski definition) is 2. The zero-order chi connectivity index (χ0) is 16.4. The fourth-order valence-corrected chi connectivity index (χ4v) is 3.80. The van der Waals surface area contributed by atoms with Gasteiger partial charge in [-0.05, 0) is 68.1 Å². The maximum Gasteiger partial charge on any atom is 0.251 e. The molecule has 1 saturated heterocycles. The Labute approximate surface area is 144 Å². The van der Waals surface area contributed by atoms with Crippen molar-refractivity contribution in [1.82, 2.24) is 10.6 Å². The zero-order valence-corrected chi connectivity index (χ0v) is 14.3. The molecule has 2 N–H and O–H groups in total. The van der Waals surface area contributed by atoms with Crippen LogP contribution in [0.4, 0.5) is 0 Å². The Morgan fingerprint density at radius 1 is 1.17 bits per heavy atom. The molecular formula is C20H28N2O2.